The number of hydrogen-bond donors (Lipinski definition) is 1. The average Bonchev–Trinajstić information content (AvgIpc) is 2.60. The van der Waals surface area contributed by atoms with Crippen molar-refractivity contribution < 1.29 is 5.21 Å². The fourth-order valence-electron chi connectivity index (χ4n) is 2.58. The SMILES string of the molecule is CC1(/C=C/c2ccccc2)CCCCC/C1=N/O. The molecule has 2 nitrogen and oxygen atoms in total. The summed E-state index contributed by atoms with van der Waals surface area (Å²) < 4.78 is 0. The van der Waals surface area contributed by atoms with Crippen molar-refractivity contribution in [2.75, 3.05) is 0 Å². The van der Waals surface area contributed by atoms with Crippen LogP contribution in [0.15, 0.2) is 41.6 Å². The first-order valence-electron chi connectivity index (χ1n) is 6.70. The Bertz CT molecular complexity index is 436. The number of benzene rings is 1. The molecule has 1 aromatic carbocycles. The minimum Gasteiger partial charge on any atom is -0.411 e. The second-order valence-electron chi connectivity index (χ2n) is 5.27. The molecule has 2 heteroatoms. The lowest BCUT2D eigenvalue weighted by molar-refractivity contribution is 0.309. The molecule has 1 saturated carbocycles. The molecule has 1 fully saturated rings. The summed E-state index contributed by atoms with van der Waals surface area (Å²) in [6, 6.07) is 10.3. The smallest absolute Gasteiger partial charge is 0.0667 e. The summed E-state index contributed by atoms with van der Waals surface area (Å²) in [6.07, 6.45) is 9.87. The van der Waals surface area contributed by atoms with Gasteiger partial charge in [-0.25, -0.2) is 0 Å². The first-order chi connectivity index (χ1) is 8.74. The van der Waals surface area contributed by atoms with Crippen LogP contribution in [0.25, 0.3) is 6.08 Å². The highest BCUT2D eigenvalue weighted by Gasteiger charge is 2.29. The predicted octanol–water partition coefficient (Wildman–Crippen LogP) is 4.50. The molecule has 0 radical (unpaired) electrons. The largest absolute Gasteiger partial charge is 0.411 e. The van der Waals surface area contributed by atoms with Gasteiger partial charge in [0.1, 0.15) is 0 Å². The van der Waals surface area contributed by atoms with Gasteiger partial charge >= 0.3 is 0 Å². The molecule has 18 heavy (non-hydrogen) atoms. The predicted molar refractivity (Wildman–Crippen MR) is 75.9 cm³/mol. The van der Waals surface area contributed by atoms with E-state index in [1.165, 1.54) is 18.4 Å². The van der Waals surface area contributed by atoms with Crippen molar-refractivity contribution in [1.82, 2.24) is 0 Å². The van der Waals surface area contributed by atoms with E-state index in [1.807, 2.05) is 18.2 Å². The molecule has 0 aromatic heterocycles. The quantitative estimate of drug-likeness (QED) is 0.463. The van der Waals surface area contributed by atoms with Crippen LogP contribution in [0, 0.1) is 5.41 Å². The Morgan fingerprint density at radius 1 is 1.17 bits per heavy atom. The van der Waals surface area contributed by atoms with Crippen LogP contribution in [-0.2, 0) is 0 Å². The van der Waals surface area contributed by atoms with Crippen LogP contribution in [0.2, 0.25) is 0 Å². The lowest BCUT2D eigenvalue weighted by Gasteiger charge is -2.24. The molecule has 0 aliphatic heterocycles. The summed E-state index contributed by atoms with van der Waals surface area (Å²) in [7, 11) is 0. The fourth-order valence-corrected chi connectivity index (χ4v) is 2.58. The van der Waals surface area contributed by atoms with Crippen molar-refractivity contribution in [3.63, 3.8) is 0 Å². The van der Waals surface area contributed by atoms with Crippen LogP contribution in [0.3, 0.4) is 0 Å². The lowest BCUT2D eigenvalue weighted by Crippen LogP contribution is -2.24. The molecule has 96 valence electrons. The van der Waals surface area contributed by atoms with E-state index in [1.54, 1.807) is 0 Å². The van der Waals surface area contributed by atoms with Crippen LogP contribution in [0.5, 0.6) is 0 Å². The van der Waals surface area contributed by atoms with Crippen molar-refractivity contribution >= 4 is 11.8 Å². The zero-order chi connectivity index (χ0) is 12.8. The van der Waals surface area contributed by atoms with Gasteiger partial charge in [0, 0.05) is 5.41 Å². The summed E-state index contributed by atoms with van der Waals surface area (Å²) in [5.74, 6) is 0. The minimum atomic E-state index is -0.0961. The molecule has 0 saturated heterocycles. The summed E-state index contributed by atoms with van der Waals surface area (Å²) >= 11 is 0. The van der Waals surface area contributed by atoms with Crippen molar-refractivity contribution in [2.45, 2.75) is 39.0 Å². The van der Waals surface area contributed by atoms with E-state index in [2.05, 4.69) is 36.4 Å². The maximum Gasteiger partial charge on any atom is 0.0667 e. The maximum atomic E-state index is 9.20. The number of rotatable bonds is 2. The Hall–Kier alpha value is -1.57. The first-order valence-corrected chi connectivity index (χ1v) is 6.70. The van der Waals surface area contributed by atoms with Gasteiger partial charge in [-0.2, -0.15) is 0 Å². The van der Waals surface area contributed by atoms with Gasteiger partial charge in [-0.1, -0.05) is 67.4 Å². The van der Waals surface area contributed by atoms with Gasteiger partial charge < -0.3 is 5.21 Å². The third-order valence-corrected chi connectivity index (χ3v) is 3.83. The maximum absolute atomic E-state index is 9.20. The van der Waals surface area contributed by atoms with E-state index in [0.717, 1.165) is 25.0 Å². The zero-order valence-electron chi connectivity index (χ0n) is 11.0. The second kappa shape index (κ2) is 5.85. The molecule has 0 bridgehead atoms. The topological polar surface area (TPSA) is 32.6 Å². The molecule has 1 aliphatic rings. The Labute approximate surface area is 109 Å². The van der Waals surface area contributed by atoms with Crippen molar-refractivity contribution in [3.8, 4) is 0 Å². The molecule has 1 aromatic rings. The summed E-state index contributed by atoms with van der Waals surface area (Å²) in [4.78, 5) is 0. The molecule has 1 unspecified atom stereocenters. The summed E-state index contributed by atoms with van der Waals surface area (Å²) in [5, 5.41) is 12.7. The molecule has 1 aliphatic carbocycles. The lowest BCUT2D eigenvalue weighted by atomic mass is 9.80. The minimum absolute atomic E-state index is 0.0961. The molecule has 0 amide bonds. The number of oxime groups is 1. The fraction of sp³-hybridized carbons (Fsp3) is 0.438. The Morgan fingerprint density at radius 3 is 2.67 bits per heavy atom. The molecular formula is C16H21NO. The van der Waals surface area contributed by atoms with Crippen LogP contribution in [0.1, 0.15) is 44.6 Å². The average molecular weight is 243 g/mol. The number of allylic oxidation sites excluding steroid dienone is 1. The molecular weight excluding hydrogens is 222 g/mol. The molecule has 2 rings (SSSR count). The van der Waals surface area contributed by atoms with Gasteiger partial charge in [-0.3, -0.25) is 0 Å². The van der Waals surface area contributed by atoms with E-state index in [4.69, 9.17) is 0 Å². The summed E-state index contributed by atoms with van der Waals surface area (Å²) in [6.45, 7) is 2.17. The monoisotopic (exact) mass is 243 g/mol. The third-order valence-electron chi connectivity index (χ3n) is 3.83. The highest BCUT2D eigenvalue weighted by molar-refractivity contribution is 5.92. The third kappa shape index (κ3) is 3.00. The van der Waals surface area contributed by atoms with Crippen LogP contribution in [0.4, 0.5) is 0 Å². The summed E-state index contributed by atoms with van der Waals surface area (Å²) in [5.41, 5.74) is 2.02. The Morgan fingerprint density at radius 2 is 1.94 bits per heavy atom. The molecule has 0 heterocycles. The zero-order valence-corrected chi connectivity index (χ0v) is 11.0. The molecule has 0 spiro atoms. The van der Waals surface area contributed by atoms with E-state index in [9.17, 15) is 5.21 Å². The van der Waals surface area contributed by atoms with E-state index in [0.29, 0.717) is 0 Å². The second-order valence-corrected chi connectivity index (χ2v) is 5.27. The van der Waals surface area contributed by atoms with Crippen LogP contribution in [-0.4, -0.2) is 10.9 Å². The Balaban J connectivity index is 2.21. The van der Waals surface area contributed by atoms with E-state index >= 15 is 0 Å². The Kier molecular flexibility index (Phi) is 4.19. The van der Waals surface area contributed by atoms with Crippen molar-refractivity contribution in [1.29, 1.82) is 0 Å². The molecule has 1 N–H and O–H groups in total. The van der Waals surface area contributed by atoms with Gasteiger partial charge in [0.25, 0.3) is 0 Å². The van der Waals surface area contributed by atoms with Gasteiger partial charge in [-0.15, -0.1) is 0 Å². The van der Waals surface area contributed by atoms with Crippen LogP contribution < -0.4 is 0 Å². The normalized spacial score (nSPS) is 27.5. The number of hydrogen-bond acceptors (Lipinski definition) is 2. The van der Waals surface area contributed by atoms with Crippen LogP contribution >= 0.6 is 0 Å². The number of nitrogens with zero attached hydrogens (tertiary/aromatic N) is 1. The standard InChI is InChI=1S/C16H21NO/c1-16(12-7-3-6-10-15(16)17-18)13-11-14-8-4-2-5-9-14/h2,4-5,8-9,11,13,18H,3,6-7,10,12H2,1H3/b13-11+,17-15-. The van der Waals surface area contributed by atoms with Crippen molar-refractivity contribution in [3.05, 3.63) is 42.0 Å². The first kappa shape index (κ1) is 12.9. The van der Waals surface area contributed by atoms with Gasteiger partial charge in [-0.05, 0) is 24.8 Å². The highest BCUT2D eigenvalue weighted by Crippen LogP contribution is 2.34. The van der Waals surface area contributed by atoms with Crippen molar-refractivity contribution in [2.24, 2.45) is 10.6 Å². The van der Waals surface area contributed by atoms with Gasteiger partial charge in [0.05, 0.1) is 5.71 Å². The molecule has 1 atom stereocenters. The highest BCUT2D eigenvalue weighted by atomic mass is 16.4. The van der Waals surface area contributed by atoms with E-state index in [-0.39, 0.29) is 5.41 Å². The van der Waals surface area contributed by atoms with E-state index < -0.39 is 0 Å². The van der Waals surface area contributed by atoms with Gasteiger partial charge in [0.15, 0.2) is 0 Å². The van der Waals surface area contributed by atoms with Gasteiger partial charge in [0.2, 0.25) is 0 Å².